The van der Waals surface area contributed by atoms with Gasteiger partial charge in [0, 0.05) is 5.02 Å². The molecule has 1 amide bonds. The minimum atomic E-state index is -0.507. The number of halogens is 2. The van der Waals surface area contributed by atoms with Gasteiger partial charge in [0.2, 0.25) is 0 Å². The maximum Gasteiger partial charge on any atom is 0.255 e. The molecule has 0 aliphatic heterocycles. The van der Waals surface area contributed by atoms with Crippen molar-refractivity contribution in [1.29, 1.82) is 0 Å². The number of amides is 1. The fourth-order valence-corrected chi connectivity index (χ4v) is 1.84. The molecule has 0 aliphatic rings. The average molecular weight is 293 g/mol. The molecule has 0 aromatic heterocycles. The third kappa shape index (κ3) is 2.86. The Bertz CT molecular complexity index is 407. The van der Waals surface area contributed by atoms with Crippen LogP contribution in [0.25, 0.3) is 0 Å². The number of benzene rings is 1. The summed E-state index contributed by atoms with van der Waals surface area (Å²) in [7, 11) is 0. The predicted molar refractivity (Wildman–Crippen MR) is 63.3 cm³/mol. The maximum absolute atomic E-state index is 10.6. The summed E-state index contributed by atoms with van der Waals surface area (Å²) in [4.78, 5) is 10.6. The van der Waals surface area contributed by atoms with Gasteiger partial charge in [-0.3, -0.25) is 4.79 Å². The van der Waals surface area contributed by atoms with Crippen LogP contribution in [0.15, 0.2) is 10.5 Å². The molecular formula is C10H11BrClNO2. The van der Waals surface area contributed by atoms with E-state index < -0.39 is 5.91 Å². The van der Waals surface area contributed by atoms with Crippen LogP contribution in [0.5, 0.6) is 5.75 Å². The molecule has 0 fully saturated rings. The van der Waals surface area contributed by atoms with Crippen LogP contribution in [-0.4, -0.2) is 12.5 Å². The Balaban J connectivity index is 3.04. The van der Waals surface area contributed by atoms with Crippen LogP contribution in [0.3, 0.4) is 0 Å². The Kier molecular flexibility index (Phi) is 3.99. The lowest BCUT2D eigenvalue weighted by atomic mass is 10.1. The molecule has 0 saturated carbocycles. The Labute approximate surface area is 102 Å². The van der Waals surface area contributed by atoms with E-state index in [1.54, 1.807) is 6.07 Å². The smallest absolute Gasteiger partial charge is 0.255 e. The molecule has 15 heavy (non-hydrogen) atoms. The highest BCUT2D eigenvalue weighted by atomic mass is 79.9. The SMILES string of the molecule is Cc1cc(OCC(N)=O)c(Br)c(C)c1Cl. The van der Waals surface area contributed by atoms with Crippen LogP contribution in [-0.2, 0) is 4.79 Å². The molecule has 0 heterocycles. The van der Waals surface area contributed by atoms with Crippen LogP contribution in [0, 0.1) is 13.8 Å². The van der Waals surface area contributed by atoms with Gasteiger partial charge in [-0.05, 0) is 47.0 Å². The lowest BCUT2D eigenvalue weighted by Crippen LogP contribution is -2.20. The van der Waals surface area contributed by atoms with Gasteiger partial charge in [-0.1, -0.05) is 11.6 Å². The molecule has 1 aromatic carbocycles. The van der Waals surface area contributed by atoms with Crippen molar-refractivity contribution < 1.29 is 9.53 Å². The molecule has 0 bridgehead atoms. The third-order valence-corrected chi connectivity index (χ3v) is 3.51. The first-order valence-corrected chi connectivity index (χ1v) is 5.47. The molecule has 0 atom stereocenters. The molecule has 5 heteroatoms. The first-order valence-electron chi connectivity index (χ1n) is 4.29. The monoisotopic (exact) mass is 291 g/mol. The van der Waals surface area contributed by atoms with Crippen molar-refractivity contribution >= 4 is 33.4 Å². The Morgan fingerprint density at radius 2 is 2.20 bits per heavy atom. The van der Waals surface area contributed by atoms with E-state index >= 15 is 0 Å². The van der Waals surface area contributed by atoms with E-state index in [0.29, 0.717) is 10.8 Å². The van der Waals surface area contributed by atoms with Crippen LogP contribution < -0.4 is 10.5 Å². The fourth-order valence-electron chi connectivity index (χ4n) is 1.15. The Morgan fingerprint density at radius 3 is 2.73 bits per heavy atom. The van der Waals surface area contributed by atoms with Gasteiger partial charge in [0.05, 0.1) is 4.47 Å². The number of hydrogen-bond acceptors (Lipinski definition) is 2. The summed E-state index contributed by atoms with van der Waals surface area (Å²) in [5, 5.41) is 0.688. The second-order valence-electron chi connectivity index (χ2n) is 3.20. The summed E-state index contributed by atoms with van der Waals surface area (Å²) in [6.45, 7) is 3.61. The Hall–Kier alpha value is -0.740. The van der Waals surface area contributed by atoms with E-state index in [1.807, 2.05) is 13.8 Å². The van der Waals surface area contributed by atoms with Crippen molar-refractivity contribution in [3.63, 3.8) is 0 Å². The van der Waals surface area contributed by atoms with Crippen molar-refractivity contribution in [1.82, 2.24) is 0 Å². The van der Waals surface area contributed by atoms with Gasteiger partial charge in [-0.25, -0.2) is 0 Å². The van der Waals surface area contributed by atoms with Gasteiger partial charge in [-0.15, -0.1) is 0 Å². The van der Waals surface area contributed by atoms with Crippen LogP contribution >= 0.6 is 27.5 Å². The van der Waals surface area contributed by atoms with Gasteiger partial charge >= 0.3 is 0 Å². The number of hydrogen-bond donors (Lipinski definition) is 1. The third-order valence-electron chi connectivity index (χ3n) is 1.94. The zero-order valence-corrected chi connectivity index (χ0v) is 10.8. The first-order chi connectivity index (χ1) is 6.93. The molecular weight excluding hydrogens is 281 g/mol. The van der Waals surface area contributed by atoms with E-state index in [0.717, 1.165) is 15.6 Å². The summed E-state index contributed by atoms with van der Waals surface area (Å²) in [5.41, 5.74) is 6.78. The second kappa shape index (κ2) is 4.86. The van der Waals surface area contributed by atoms with Crippen molar-refractivity contribution in [2.45, 2.75) is 13.8 Å². The fraction of sp³-hybridized carbons (Fsp3) is 0.300. The standard InChI is InChI=1S/C10H11BrClNO2/c1-5-3-7(15-4-8(13)14)9(11)6(2)10(5)12/h3H,4H2,1-2H3,(H2,13,14). The lowest BCUT2D eigenvalue weighted by molar-refractivity contribution is -0.119. The summed E-state index contributed by atoms with van der Waals surface area (Å²) < 4.78 is 5.98. The summed E-state index contributed by atoms with van der Waals surface area (Å²) in [6, 6.07) is 1.77. The molecule has 0 saturated heterocycles. The number of aryl methyl sites for hydroxylation is 1. The first kappa shape index (κ1) is 12.3. The zero-order chi connectivity index (χ0) is 11.6. The van der Waals surface area contributed by atoms with Crippen LogP contribution in [0.2, 0.25) is 5.02 Å². The van der Waals surface area contributed by atoms with E-state index in [9.17, 15) is 4.79 Å². The summed E-state index contributed by atoms with van der Waals surface area (Å²) in [5.74, 6) is 0.0698. The van der Waals surface area contributed by atoms with Crippen molar-refractivity contribution in [3.05, 3.63) is 26.7 Å². The number of carbonyl (C=O) groups excluding carboxylic acids is 1. The van der Waals surface area contributed by atoms with Crippen molar-refractivity contribution in [3.8, 4) is 5.75 Å². The van der Waals surface area contributed by atoms with Gasteiger partial charge in [0.25, 0.3) is 5.91 Å². The number of rotatable bonds is 3. The maximum atomic E-state index is 10.6. The van der Waals surface area contributed by atoms with Gasteiger partial charge in [0.1, 0.15) is 5.75 Å². The largest absolute Gasteiger partial charge is 0.483 e. The highest BCUT2D eigenvalue weighted by molar-refractivity contribution is 9.10. The molecule has 0 unspecified atom stereocenters. The van der Waals surface area contributed by atoms with Crippen LogP contribution in [0.1, 0.15) is 11.1 Å². The molecule has 1 rings (SSSR count). The average Bonchev–Trinajstić information content (AvgIpc) is 2.18. The topological polar surface area (TPSA) is 52.3 Å². The van der Waals surface area contributed by atoms with Crippen molar-refractivity contribution in [2.75, 3.05) is 6.61 Å². The summed E-state index contributed by atoms with van der Waals surface area (Å²) >= 11 is 9.39. The van der Waals surface area contributed by atoms with Gasteiger partial charge in [0.15, 0.2) is 6.61 Å². The normalized spacial score (nSPS) is 10.1. The second-order valence-corrected chi connectivity index (χ2v) is 4.37. The highest BCUT2D eigenvalue weighted by Gasteiger charge is 2.11. The van der Waals surface area contributed by atoms with E-state index in [-0.39, 0.29) is 6.61 Å². The molecule has 82 valence electrons. The molecule has 0 aliphatic carbocycles. The lowest BCUT2D eigenvalue weighted by Gasteiger charge is -2.11. The molecule has 2 N–H and O–H groups in total. The quantitative estimate of drug-likeness (QED) is 0.931. The van der Waals surface area contributed by atoms with E-state index in [1.165, 1.54) is 0 Å². The van der Waals surface area contributed by atoms with Crippen LogP contribution in [0.4, 0.5) is 0 Å². The number of nitrogens with two attached hydrogens (primary N) is 1. The Morgan fingerprint density at radius 1 is 1.60 bits per heavy atom. The predicted octanol–water partition coefficient (Wildman–Crippen LogP) is 2.58. The number of ether oxygens (including phenoxy) is 1. The molecule has 0 radical (unpaired) electrons. The minimum absolute atomic E-state index is 0.140. The molecule has 0 spiro atoms. The van der Waals surface area contributed by atoms with Gasteiger partial charge in [-0.2, -0.15) is 0 Å². The minimum Gasteiger partial charge on any atom is -0.483 e. The number of carbonyl (C=O) groups is 1. The van der Waals surface area contributed by atoms with E-state index in [2.05, 4.69) is 15.9 Å². The summed E-state index contributed by atoms with van der Waals surface area (Å²) in [6.07, 6.45) is 0. The van der Waals surface area contributed by atoms with E-state index in [4.69, 9.17) is 22.1 Å². The molecule has 1 aromatic rings. The molecule has 3 nitrogen and oxygen atoms in total. The van der Waals surface area contributed by atoms with Crippen molar-refractivity contribution in [2.24, 2.45) is 5.73 Å². The highest BCUT2D eigenvalue weighted by Crippen LogP contribution is 2.35. The zero-order valence-electron chi connectivity index (χ0n) is 8.43. The number of primary amides is 1. The van der Waals surface area contributed by atoms with Gasteiger partial charge < -0.3 is 10.5 Å².